The van der Waals surface area contributed by atoms with Gasteiger partial charge >= 0.3 is 0 Å². The Morgan fingerprint density at radius 3 is 2.14 bits per heavy atom. The first-order valence-corrected chi connectivity index (χ1v) is 17.6. The summed E-state index contributed by atoms with van der Waals surface area (Å²) in [5.74, 6) is -1.83. The molecule has 4 amide bonds. The van der Waals surface area contributed by atoms with E-state index < -0.39 is 5.92 Å². The van der Waals surface area contributed by atoms with Gasteiger partial charge in [0, 0.05) is 72.6 Å². The van der Waals surface area contributed by atoms with Gasteiger partial charge in [-0.1, -0.05) is 72.8 Å². The fraction of sp³-hybridized carbons (Fsp3) is 0.209. The topological polar surface area (TPSA) is 90.0 Å². The highest BCUT2D eigenvalue weighted by atomic mass is 16.2. The summed E-state index contributed by atoms with van der Waals surface area (Å²) >= 11 is 0. The number of imide groups is 2. The van der Waals surface area contributed by atoms with E-state index in [-0.39, 0.29) is 29.5 Å². The van der Waals surface area contributed by atoms with Crippen LogP contribution in [-0.4, -0.2) is 66.7 Å². The van der Waals surface area contributed by atoms with Gasteiger partial charge in [0.2, 0.25) is 5.91 Å². The highest BCUT2D eigenvalue weighted by Crippen LogP contribution is 2.48. The second-order valence-electron chi connectivity index (χ2n) is 13.8. The Morgan fingerprint density at radius 1 is 0.706 bits per heavy atom. The number of fused-ring (bicyclic) bond motifs is 2. The lowest BCUT2D eigenvalue weighted by atomic mass is 9.67. The van der Waals surface area contributed by atoms with Crippen LogP contribution in [0.1, 0.15) is 50.6 Å². The van der Waals surface area contributed by atoms with Gasteiger partial charge < -0.3 is 10.2 Å². The van der Waals surface area contributed by atoms with E-state index in [1.807, 2.05) is 116 Å². The quantitative estimate of drug-likeness (QED) is 0.141. The van der Waals surface area contributed by atoms with Crippen molar-refractivity contribution in [3.63, 3.8) is 0 Å². The second-order valence-corrected chi connectivity index (χ2v) is 13.8. The number of rotatable bonds is 10. The number of nitrogens with one attached hydrogen (secondary N) is 1. The second kappa shape index (κ2) is 12.1. The van der Waals surface area contributed by atoms with Gasteiger partial charge in [0.15, 0.2) is 0 Å². The third-order valence-electron chi connectivity index (χ3n) is 11.0. The lowest BCUT2D eigenvalue weighted by molar-refractivity contribution is -0.147. The predicted octanol–water partition coefficient (Wildman–Crippen LogP) is 6.15. The van der Waals surface area contributed by atoms with Gasteiger partial charge in [0.05, 0.1) is 5.92 Å². The summed E-state index contributed by atoms with van der Waals surface area (Å²) in [7, 11) is 2.02. The van der Waals surface area contributed by atoms with Gasteiger partial charge in [-0.05, 0) is 81.7 Å². The van der Waals surface area contributed by atoms with Crippen molar-refractivity contribution < 1.29 is 19.2 Å². The molecule has 0 saturated carbocycles. The Hall–Kier alpha value is -6.02. The molecule has 5 aromatic rings. The van der Waals surface area contributed by atoms with Crippen LogP contribution in [0.3, 0.4) is 0 Å². The first-order chi connectivity index (χ1) is 24.9. The molecular formula is C43H36N4O4. The van der Waals surface area contributed by atoms with Gasteiger partial charge in [-0.25, -0.2) is 0 Å². The van der Waals surface area contributed by atoms with Crippen LogP contribution in [0.4, 0.5) is 11.4 Å². The monoisotopic (exact) mass is 672 g/mol. The minimum absolute atomic E-state index is 0.167. The molecule has 5 aromatic carbocycles. The first-order valence-electron chi connectivity index (χ1n) is 17.6. The number of piperidine rings is 1. The summed E-state index contributed by atoms with van der Waals surface area (Å²) in [6.07, 6.45) is 9.09. The van der Waals surface area contributed by atoms with Crippen molar-refractivity contribution in [1.82, 2.24) is 9.80 Å². The molecule has 4 aliphatic rings. The van der Waals surface area contributed by atoms with Crippen LogP contribution in [-0.2, 0) is 9.59 Å². The van der Waals surface area contributed by atoms with Crippen molar-refractivity contribution in [3.8, 4) is 0 Å². The number of likely N-dealkylation sites (tertiary alicyclic amines) is 1. The first kappa shape index (κ1) is 31.0. The Kier molecular flexibility index (Phi) is 7.35. The number of nitrogens with zero attached hydrogens (tertiary/aromatic N) is 3. The number of amides is 4. The van der Waals surface area contributed by atoms with Crippen molar-refractivity contribution in [3.05, 3.63) is 130 Å². The van der Waals surface area contributed by atoms with E-state index in [9.17, 15) is 19.2 Å². The van der Waals surface area contributed by atoms with E-state index in [1.165, 1.54) is 9.80 Å². The van der Waals surface area contributed by atoms with Crippen LogP contribution in [0.5, 0.6) is 0 Å². The minimum Gasteiger partial charge on any atom is -0.385 e. The average Bonchev–Trinajstić information content (AvgIpc) is 3.17. The summed E-state index contributed by atoms with van der Waals surface area (Å²) in [6, 6.07) is 27.5. The van der Waals surface area contributed by atoms with Crippen LogP contribution in [0, 0.1) is 5.92 Å². The van der Waals surface area contributed by atoms with Crippen molar-refractivity contribution in [2.75, 3.05) is 43.4 Å². The van der Waals surface area contributed by atoms with Crippen molar-refractivity contribution >= 4 is 68.7 Å². The number of benzene rings is 5. The number of hydrogen-bond donors (Lipinski definition) is 1. The van der Waals surface area contributed by atoms with E-state index in [1.54, 1.807) is 0 Å². The predicted molar refractivity (Wildman–Crippen MR) is 200 cm³/mol. The molecule has 8 heteroatoms. The van der Waals surface area contributed by atoms with Gasteiger partial charge in [-0.2, -0.15) is 0 Å². The Bertz CT molecular complexity index is 2390. The van der Waals surface area contributed by atoms with Crippen molar-refractivity contribution in [2.24, 2.45) is 5.92 Å². The van der Waals surface area contributed by atoms with E-state index >= 15 is 0 Å². The Balaban J connectivity index is 1.03. The molecule has 252 valence electrons. The maximum atomic E-state index is 14.0. The SMILES string of the molecule is CN(CCCN1C(=O)C2=CC=c3c4c(c5ccc6c7c(ccc3c57)C(=O)N(CCCNc3ccccc3)C6=O)C=CC(C1=O)C24)c1ccccc1. The lowest BCUT2D eigenvalue weighted by Gasteiger charge is -2.41. The Labute approximate surface area is 295 Å². The summed E-state index contributed by atoms with van der Waals surface area (Å²) in [5.41, 5.74) is 5.68. The van der Waals surface area contributed by atoms with Crippen LogP contribution >= 0.6 is 0 Å². The molecule has 2 heterocycles. The van der Waals surface area contributed by atoms with E-state index in [0.717, 1.165) is 43.9 Å². The summed E-state index contributed by atoms with van der Waals surface area (Å²) in [6.45, 7) is 2.00. The molecule has 1 fully saturated rings. The molecule has 0 spiro atoms. The largest absolute Gasteiger partial charge is 0.385 e. The fourth-order valence-corrected chi connectivity index (χ4v) is 8.51. The van der Waals surface area contributed by atoms with Crippen molar-refractivity contribution in [2.45, 2.75) is 18.8 Å². The lowest BCUT2D eigenvalue weighted by Crippen LogP contribution is -2.51. The Morgan fingerprint density at radius 2 is 1.39 bits per heavy atom. The van der Waals surface area contributed by atoms with E-state index in [4.69, 9.17) is 0 Å². The molecule has 0 radical (unpaired) electrons. The van der Waals surface area contributed by atoms with Crippen LogP contribution in [0.15, 0.2) is 103 Å². The molecule has 0 aromatic heterocycles. The van der Waals surface area contributed by atoms with Crippen molar-refractivity contribution in [1.29, 1.82) is 0 Å². The number of carbonyl (C=O) groups excluding carboxylic acids is 4. The number of para-hydroxylation sites is 2. The molecule has 2 aliphatic carbocycles. The molecule has 2 unspecified atom stereocenters. The maximum Gasteiger partial charge on any atom is 0.261 e. The zero-order chi connectivity index (χ0) is 34.8. The number of anilines is 2. The number of carbonyl (C=O) groups is 4. The van der Waals surface area contributed by atoms with Gasteiger partial charge in [-0.15, -0.1) is 0 Å². The minimum atomic E-state index is -0.481. The van der Waals surface area contributed by atoms with Crippen LogP contribution in [0.2, 0.25) is 0 Å². The number of allylic oxidation sites excluding steroid dienone is 1. The molecule has 2 aliphatic heterocycles. The van der Waals surface area contributed by atoms with E-state index in [2.05, 4.69) is 10.2 Å². The van der Waals surface area contributed by atoms with Gasteiger partial charge in [0.1, 0.15) is 0 Å². The number of hydrogen-bond acceptors (Lipinski definition) is 6. The zero-order valence-electron chi connectivity index (χ0n) is 28.3. The highest BCUT2D eigenvalue weighted by Gasteiger charge is 2.47. The standard InChI is InChI=1S/C43H36N4O4/c1-45(27-12-6-3-7-13-27)23-9-25-47-42(50)34-20-16-30-28-14-18-32-38-33(41(49)46(40(32)48)24-8-22-44-26-10-4-2-5-11-26)19-15-29(36(28)38)31-17-21-35(43(47)51)39(34)37(30)31/h2-7,10-21,34,39,44H,8-9,22-25H2,1H3. The van der Waals surface area contributed by atoms with Gasteiger partial charge in [0.25, 0.3) is 17.7 Å². The van der Waals surface area contributed by atoms with Gasteiger partial charge in [-0.3, -0.25) is 29.0 Å². The molecule has 9 rings (SSSR count). The summed E-state index contributed by atoms with van der Waals surface area (Å²) in [4.78, 5) is 60.7. The fourth-order valence-electron chi connectivity index (χ4n) is 8.51. The molecule has 8 nitrogen and oxygen atoms in total. The average molecular weight is 673 g/mol. The molecule has 1 saturated heterocycles. The normalized spacial score (nSPS) is 18.6. The third-order valence-corrected chi connectivity index (χ3v) is 11.0. The smallest absolute Gasteiger partial charge is 0.261 e. The van der Waals surface area contributed by atoms with E-state index in [0.29, 0.717) is 61.1 Å². The maximum absolute atomic E-state index is 14.0. The zero-order valence-corrected chi connectivity index (χ0v) is 28.3. The molecular weight excluding hydrogens is 636 g/mol. The molecule has 1 N–H and O–H groups in total. The molecule has 51 heavy (non-hydrogen) atoms. The molecule has 2 atom stereocenters. The van der Waals surface area contributed by atoms with Crippen LogP contribution in [0.25, 0.3) is 33.7 Å². The summed E-state index contributed by atoms with van der Waals surface area (Å²) in [5, 5.41) is 7.68. The summed E-state index contributed by atoms with van der Waals surface area (Å²) < 4.78 is 0. The molecule has 0 bridgehead atoms. The van der Waals surface area contributed by atoms with Crippen LogP contribution < -0.4 is 15.4 Å². The highest BCUT2D eigenvalue weighted by molar-refractivity contribution is 6.31. The third kappa shape index (κ3) is 4.81.